The number of nitrogens with one attached hydrogen (secondary N) is 1. The molecule has 1 aliphatic heterocycles. The molecule has 0 bridgehead atoms. The third kappa shape index (κ3) is 3.04. The highest BCUT2D eigenvalue weighted by atomic mass is 16.2. The minimum Gasteiger partial charge on any atom is -0.344 e. The Labute approximate surface area is 142 Å². The lowest BCUT2D eigenvalue weighted by Gasteiger charge is -2.18. The van der Waals surface area contributed by atoms with Crippen molar-refractivity contribution >= 4 is 17.5 Å². The van der Waals surface area contributed by atoms with E-state index >= 15 is 0 Å². The standard InChI is InChI=1S/C20H22N2O2/c1-13-8-10-15(11-9-13)16-12-22(3)20(24)18(16)19(23)21-17-7-5-4-6-14(17)2/h4-11,16,18H,12H2,1-3H3,(H,21,23). The van der Waals surface area contributed by atoms with Gasteiger partial charge in [-0.25, -0.2) is 0 Å². The smallest absolute Gasteiger partial charge is 0.237 e. The van der Waals surface area contributed by atoms with Crippen LogP contribution in [0.5, 0.6) is 0 Å². The van der Waals surface area contributed by atoms with Gasteiger partial charge in [-0.2, -0.15) is 0 Å². The Balaban J connectivity index is 1.87. The third-order valence-corrected chi connectivity index (χ3v) is 4.71. The van der Waals surface area contributed by atoms with Crippen LogP contribution in [0.15, 0.2) is 48.5 Å². The van der Waals surface area contributed by atoms with Crippen LogP contribution < -0.4 is 5.32 Å². The van der Waals surface area contributed by atoms with Crippen molar-refractivity contribution in [3.63, 3.8) is 0 Å². The zero-order valence-corrected chi connectivity index (χ0v) is 14.2. The SMILES string of the molecule is Cc1ccc(C2CN(C)C(=O)C2C(=O)Nc2ccccc2C)cc1. The van der Waals surface area contributed by atoms with Crippen molar-refractivity contribution in [1.29, 1.82) is 0 Å². The summed E-state index contributed by atoms with van der Waals surface area (Å²) < 4.78 is 0. The molecule has 3 rings (SSSR count). The fourth-order valence-electron chi connectivity index (χ4n) is 3.23. The summed E-state index contributed by atoms with van der Waals surface area (Å²) in [5.74, 6) is -1.15. The van der Waals surface area contributed by atoms with E-state index in [-0.39, 0.29) is 17.7 Å². The molecule has 0 saturated carbocycles. The number of benzene rings is 2. The van der Waals surface area contributed by atoms with Gasteiger partial charge in [0.15, 0.2) is 0 Å². The van der Waals surface area contributed by atoms with Crippen molar-refractivity contribution in [3.8, 4) is 0 Å². The second kappa shape index (κ2) is 6.48. The molecule has 1 aliphatic rings. The van der Waals surface area contributed by atoms with Gasteiger partial charge in [-0.1, -0.05) is 48.0 Å². The molecule has 1 fully saturated rings. The Bertz CT molecular complexity index is 767. The maximum Gasteiger partial charge on any atom is 0.237 e. The first-order valence-corrected chi connectivity index (χ1v) is 8.15. The van der Waals surface area contributed by atoms with E-state index in [0.29, 0.717) is 6.54 Å². The summed E-state index contributed by atoms with van der Waals surface area (Å²) >= 11 is 0. The number of likely N-dealkylation sites (tertiary alicyclic amines) is 1. The number of hydrogen-bond donors (Lipinski definition) is 1. The van der Waals surface area contributed by atoms with E-state index in [0.717, 1.165) is 22.4 Å². The van der Waals surface area contributed by atoms with Crippen LogP contribution >= 0.6 is 0 Å². The molecule has 1 saturated heterocycles. The second-order valence-corrected chi connectivity index (χ2v) is 6.52. The molecule has 0 aliphatic carbocycles. The van der Waals surface area contributed by atoms with Crippen molar-refractivity contribution in [2.75, 3.05) is 18.9 Å². The normalized spacial score (nSPS) is 20.3. The monoisotopic (exact) mass is 322 g/mol. The number of aryl methyl sites for hydroxylation is 2. The molecule has 1 N–H and O–H groups in total. The predicted octanol–water partition coefficient (Wildman–Crippen LogP) is 3.11. The van der Waals surface area contributed by atoms with Crippen LogP contribution in [0, 0.1) is 19.8 Å². The summed E-state index contributed by atoms with van der Waals surface area (Å²) in [6.07, 6.45) is 0. The minimum absolute atomic E-state index is 0.118. The van der Waals surface area contributed by atoms with Crippen LogP contribution in [0.4, 0.5) is 5.69 Å². The summed E-state index contributed by atoms with van der Waals surface area (Å²) in [6.45, 7) is 4.53. The number of para-hydroxylation sites is 1. The quantitative estimate of drug-likeness (QED) is 0.883. The molecule has 0 spiro atoms. The van der Waals surface area contributed by atoms with Gasteiger partial charge in [-0.3, -0.25) is 9.59 Å². The summed E-state index contributed by atoms with van der Waals surface area (Å²) in [7, 11) is 1.75. The Kier molecular flexibility index (Phi) is 4.38. The van der Waals surface area contributed by atoms with E-state index in [4.69, 9.17) is 0 Å². The molecule has 2 atom stereocenters. The van der Waals surface area contributed by atoms with Crippen LogP contribution in [0.25, 0.3) is 0 Å². The van der Waals surface area contributed by atoms with Gasteiger partial charge >= 0.3 is 0 Å². The molecule has 4 nitrogen and oxygen atoms in total. The molecule has 2 unspecified atom stereocenters. The van der Waals surface area contributed by atoms with Crippen LogP contribution in [0.1, 0.15) is 22.6 Å². The summed E-state index contributed by atoms with van der Waals surface area (Å²) in [6, 6.07) is 15.7. The lowest BCUT2D eigenvalue weighted by Crippen LogP contribution is -2.32. The molecule has 2 aromatic rings. The number of amides is 2. The molecule has 124 valence electrons. The Morgan fingerprint density at radius 3 is 2.42 bits per heavy atom. The van der Waals surface area contributed by atoms with Gasteiger partial charge in [0, 0.05) is 25.2 Å². The molecule has 24 heavy (non-hydrogen) atoms. The van der Waals surface area contributed by atoms with E-state index in [1.54, 1.807) is 11.9 Å². The van der Waals surface area contributed by atoms with Crippen LogP contribution in [-0.4, -0.2) is 30.3 Å². The molecule has 0 aromatic heterocycles. The summed E-state index contributed by atoms with van der Waals surface area (Å²) in [4.78, 5) is 27.0. The van der Waals surface area contributed by atoms with Crippen molar-refractivity contribution in [1.82, 2.24) is 4.90 Å². The zero-order chi connectivity index (χ0) is 17.3. The number of likely N-dealkylation sites (N-methyl/N-ethyl adjacent to an activating group) is 1. The van der Waals surface area contributed by atoms with Gasteiger partial charge in [0.05, 0.1) is 0 Å². The number of rotatable bonds is 3. The topological polar surface area (TPSA) is 49.4 Å². The summed E-state index contributed by atoms with van der Waals surface area (Å²) in [5.41, 5.74) is 3.93. The first kappa shape index (κ1) is 16.2. The number of carbonyl (C=O) groups excluding carboxylic acids is 2. The largest absolute Gasteiger partial charge is 0.344 e. The second-order valence-electron chi connectivity index (χ2n) is 6.52. The molecular formula is C20H22N2O2. The highest BCUT2D eigenvalue weighted by Gasteiger charge is 2.44. The molecular weight excluding hydrogens is 300 g/mol. The predicted molar refractivity (Wildman–Crippen MR) is 94.9 cm³/mol. The average molecular weight is 322 g/mol. The van der Waals surface area contributed by atoms with Crippen LogP contribution in [0.3, 0.4) is 0 Å². The first-order valence-electron chi connectivity index (χ1n) is 8.15. The van der Waals surface area contributed by atoms with Crippen molar-refractivity contribution in [2.45, 2.75) is 19.8 Å². The van der Waals surface area contributed by atoms with Gasteiger partial charge < -0.3 is 10.2 Å². The van der Waals surface area contributed by atoms with E-state index in [1.165, 1.54) is 0 Å². The van der Waals surface area contributed by atoms with Gasteiger partial charge in [-0.15, -0.1) is 0 Å². The number of nitrogens with zero attached hydrogens (tertiary/aromatic N) is 1. The van der Waals surface area contributed by atoms with Crippen LogP contribution in [-0.2, 0) is 9.59 Å². The molecule has 2 amide bonds. The Morgan fingerprint density at radius 1 is 1.08 bits per heavy atom. The minimum atomic E-state index is -0.683. The van der Waals surface area contributed by atoms with Crippen molar-refractivity contribution in [3.05, 3.63) is 65.2 Å². The number of hydrogen-bond acceptors (Lipinski definition) is 2. The third-order valence-electron chi connectivity index (χ3n) is 4.71. The summed E-state index contributed by atoms with van der Waals surface area (Å²) in [5, 5.41) is 2.93. The van der Waals surface area contributed by atoms with Crippen molar-refractivity contribution in [2.24, 2.45) is 5.92 Å². The molecule has 1 heterocycles. The van der Waals surface area contributed by atoms with Gasteiger partial charge in [0.2, 0.25) is 11.8 Å². The highest BCUT2D eigenvalue weighted by Crippen LogP contribution is 2.34. The lowest BCUT2D eigenvalue weighted by molar-refractivity contribution is -0.135. The lowest BCUT2D eigenvalue weighted by atomic mass is 9.87. The van der Waals surface area contributed by atoms with E-state index in [1.807, 2.05) is 62.4 Å². The highest BCUT2D eigenvalue weighted by molar-refractivity contribution is 6.08. The fourth-order valence-corrected chi connectivity index (χ4v) is 3.23. The number of carbonyl (C=O) groups is 2. The van der Waals surface area contributed by atoms with E-state index in [2.05, 4.69) is 5.32 Å². The maximum atomic E-state index is 12.8. The zero-order valence-electron chi connectivity index (χ0n) is 14.2. The van der Waals surface area contributed by atoms with E-state index < -0.39 is 5.92 Å². The first-order chi connectivity index (χ1) is 11.5. The Morgan fingerprint density at radius 2 is 1.75 bits per heavy atom. The molecule has 0 radical (unpaired) electrons. The molecule has 2 aromatic carbocycles. The number of anilines is 1. The Hall–Kier alpha value is -2.62. The van der Waals surface area contributed by atoms with Crippen LogP contribution in [0.2, 0.25) is 0 Å². The van der Waals surface area contributed by atoms with Gasteiger partial charge in [0.25, 0.3) is 0 Å². The van der Waals surface area contributed by atoms with E-state index in [9.17, 15) is 9.59 Å². The molecule has 4 heteroatoms. The van der Waals surface area contributed by atoms with Crippen molar-refractivity contribution < 1.29 is 9.59 Å². The average Bonchev–Trinajstić information content (AvgIpc) is 2.86. The van der Waals surface area contributed by atoms with Gasteiger partial charge in [-0.05, 0) is 31.0 Å². The maximum absolute atomic E-state index is 12.8. The van der Waals surface area contributed by atoms with Gasteiger partial charge in [0.1, 0.15) is 5.92 Å². The fraction of sp³-hybridized carbons (Fsp3) is 0.300.